The predicted octanol–water partition coefficient (Wildman–Crippen LogP) is 0.681. The maximum Gasteiger partial charge on any atom is 0.177 e. The number of anilines is 1. The first-order valence-electron chi connectivity index (χ1n) is 3.58. The Hall–Kier alpha value is -1.23. The van der Waals surface area contributed by atoms with Crippen molar-refractivity contribution in [1.29, 1.82) is 0 Å². The van der Waals surface area contributed by atoms with Crippen LogP contribution in [0.15, 0.2) is 23.1 Å². The van der Waals surface area contributed by atoms with Crippen LogP contribution >= 0.6 is 0 Å². The zero-order valence-electron chi connectivity index (χ0n) is 7.44. The summed E-state index contributed by atoms with van der Waals surface area (Å²) in [7, 11) is -1.80. The van der Waals surface area contributed by atoms with Crippen LogP contribution < -0.4 is 10.5 Å². The molecule has 0 saturated heterocycles. The second-order valence-electron chi connectivity index (χ2n) is 2.68. The summed E-state index contributed by atoms with van der Waals surface area (Å²) in [5.74, 6) is 0.481. The van der Waals surface area contributed by atoms with Crippen molar-refractivity contribution in [3.63, 3.8) is 0 Å². The lowest BCUT2D eigenvalue weighted by Crippen LogP contribution is -2.02. The molecule has 0 aliphatic carbocycles. The minimum atomic E-state index is -3.27. The highest BCUT2D eigenvalue weighted by Gasteiger charge is 2.11. The fraction of sp³-hybridized carbons (Fsp3) is 0.250. The van der Waals surface area contributed by atoms with Gasteiger partial charge in [0.2, 0.25) is 0 Å². The third-order valence-corrected chi connectivity index (χ3v) is 2.77. The van der Waals surface area contributed by atoms with Gasteiger partial charge in [-0.2, -0.15) is 0 Å². The summed E-state index contributed by atoms with van der Waals surface area (Å²) in [5, 5.41) is 0. The molecule has 0 amide bonds. The molecule has 1 aromatic rings. The van der Waals surface area contributed by atoms with Crippen molar-refractivity contribution in [3.05, 3.63) is 18.2 Å². The van der Waals surface area contributed by atoms with E-state index in [1.165, 1.54) is 19.2 Å². The molecule has 1 aromatic carbocycles. The standard InChI is InChI=1S/C8H11NO3S/c1-12-6-3-4-7(9)8(5-6)13(2,10)11/h3-5H,9H2,1-2H3. The highest BCUT2D eigenvalue weighted by molar-refractivity contribution is 7.90. The molecule has 0 aliphatic heterocycles. The van der Waals surface area contributed by atoms with Crippen LogP contribution in [0, 0.1) is 0 Å². The Morgan fingerprint density at radius 1 is 1.38 bits per heavy atom. The molecule has 0 fully saturated rings. The maximum absolute atomic E-state index is 11.2. The topological polar surface area (TPSA) is 69.4 Å². The third kappa shape index (κ3) is 2.12. The van der Waals surface area contributed by atoms with Gasteiger partial charge in [0.25, 0.3) is 0 Å². The quantitative estimate of drug-likeness (QED) is 0.714. The van der Waals surface area contributed by atoms with E-state index in [-0.39, 0.29) is 10.6 Å². The summed E-state index contributed by atoms with van der Waals surface area (Å²) >= 11 is 0. The number of methoxy groups -OCH3 is 1. The third-order valence-electron chi connectivity index (χ3n) is 1.62. The number of nitrogens with two attached hydrogens (primary N) is 1. The van der Waals surface area contributed by atoms with Crippen LogP contribution in [-0.2, 0) is 9.84 Å². The number of benzene rings is 1. The van der Waals surface area contributed by atoms with Crippen LogP contribution in [-0.4, -0.2) is 21.8 Å². The van der Waals surface area contributed by atoms with Gasteiger partial charge in [0, 0.05) is 12.3 Å². The number of hydrogen-bond donors (Lipinski definition) is 1. The van der Waals surface area contributed by atoms with Crippen molar-refractivity contribution in [2.24, 2.45) is 0 Å². The highest BCUT2D eigenvalue weighted by Crippen LogP contribution is 2.23. The second kappa shape index (κ2) is 3.26. The largest absolute Gasteiger partial charge is 0.497 e. The molecule has 0 radical (unpaired) electrons. The van der Waals surface area contributed by atoms with E-state index in [1.807, 2.05) is 0 Å². The summed E-state index contributed by atoms with van der Waals surface area (Å²) < 4.78 is 27.3. The van der Waals surface area contributed by atoms with Crippen LogP contribution in [0.25, 0.3) is 0 Å². The van der Waals surface area contributed by atoms with Crippen LogP contribution in [0.5, 0.6) is 5.75 Å². The average molecular weight is 201 g/mol. The van der Waals surface area contributed by atoms with Gasteiger partial charge in [-0.3, -0.25) is 0 Å². The number of ether oxygens (including phenoxy) is 1. The minimum Gasteiger partial charge on any atom is -0.497 e. The van der Waals surface area contributed by atoms with Gasteiger partial charge >= 0.3 is 0 Å². The molecule has 0 spiro atoms. The van der Waals surface area contributed by atoms with E-state index in [9.17, 15) is 8.42 Å². The van der Waals surface area contributed by atoms with Crippen molar-refractivity contribution in [2.75, 3.05) is 19.1 Å². The lowest BCUT2D eigenvalue weighted by atomic mass is 10.3. The van der Waals surface area contributed by atoms with E-state index in [1.54, 1.807) is 6.07 Å². The number of sulfone groups is 1. The molecule has 72 valence electrons. The number of rotatable bonds is 2. The van der Waals surface area contributed by atoms with Gasteiger partial charge in [0.15, 0.2) is 9.84 Å². The monoisotopic (exact) mass is 201 g/mol. The lowest BCUT2D eigenvalue weighted by molar-refractivity contribution is 0.413. The van der Waals surface area contributed by atoms with Gasteiger partial charge in [-0.05, 0) is 12.1 Å². The molecule has 1 rings (SSSR count). The smallest absolute Gasteiger partial charge is 0.177 e. The Bertz CT molecular complexity index is 411. The SMILES string of the molecule is COc1ccc(N)c(S(C)(=O)=O)c1. The van der Waals surface area contributed by atoms with Gasteiger partial charge in [-0.15, -0.1) is 0 Å². The molecule has 5 heteroatoms. The summed E-state index contributed by atoms with van der Waals surface area (Å²) in [6.45, 7) is 0. The lowest BCUT2D eigenvalue weighted by Gasteiger charge is -2.05. The van der Waals surface area contributed by atoms with Crippen molar-refractivity contribution in [2.45, 2.75) is 4.90 Å². The van der Waals surface area contributed by atoms with Crippen molar-refractivity contribution in [3.8, 4) is 5.75 Å². The molecule has 0 aliphatic rings. The highest BCUT2D eigenvalue weighted by atomic mass is 32.2. The zero-order chi connectivity index (χ0) is 10.1. The van der Waals surface area contributed by atoms with Gasteiger partial charge < -0.3 is 10.5 Å². The zero-order valence-corrected chi connectivity index (χ0v) is 8.26. The minimum absolute atomic E-state index is 0.104. The van der Waals surface area contributed by atoms with E-state index in [4.69, 9.17) is 10.5 Å². The predicted molar refractivity (Wildman–Crippen MR) is 50.5 cm³/mol. The fourth-order valence-electron chi connectivity index (χ4n) is 0.963. The summed E-state index contributed by atoms with van der Waals surface area (Å²) in [5.41, 5.74) is 5.73. The summed E-state index contributed by atoms with van der Waals surface area (Å²) in [6, 6.07) is 4.53. The van der Waals surface area contributed by atoms with Crippen LogP contribution in [0.1, 0.15) is 0 Å². The summed E-state index contributed by atoms with van der Waals surface area (Å²) in [6.07, 6.45) is 1.11. The van der Waals surface area contributed by atoms with Crippen LogP contribution in [0.3, 0.4) is 0 Å². The van der Waals surface area contributed by atoms with Crippen LogP contribution in [0.2, 0.25) is 0 Å². The van der Waals surface area contributed by atoms with Gasteiger partial charge in [-0.1, -0.05) is 0 Å². The maximum atomic E-state index is 11.2. The molecule has 0 heterocycles. The Kier molecular flexibility index (Phi) is 2.47. The van der Waals surface area contributed by atoms with Gasteiger partial charge in [-0.25, -0.2) is 8.42 Å². The normalized spacial score (nSPS) is 11.2. The van der Waals surface area contributed by atoms with Gasteiger partial charge in [0.05, 0.1) is 17.7 Å². The number of hydrogen-bond acceptors (Lipinski definition) is 4. The number of nitrogen functional groups attached to an aromatic ring is 1. The molecule has 0 atom stereocenters. The fourth-order valence-corrected chi connectivity index (χ4v) is 1.79. The Morgan fingerprint density at radius 2 is 2.00 bits per heavy atom. The molecule has 0 unspecified atom stereocenters. The van der Waals surface area contributed by atoms with E-state index in [0.29, 0.717) is 5.75 Å². The van der Waals surface area contributed by atoms with Crippen molar-refractivity contribution >= 4 is 15.5 Å². The molecular weight excluding hydrogens is 190 g/mol. The van der Waals surface area contributed by atoms with E-state index in [0.717, 1.165) is 6.26 Å². The van der Waals surface area contributed by atoms with E-state index in [2.05, 4.69) is 0 Å². The first-order valence-corrected chi connectivity index (χ1v) is 5.48. The Labute approximate surface area is 77.2 Å². The first-order chi connectivity index (χ1) is 5.95. The molecule has 13 heavy (non-hydrogen) atoms. The summed E-state index contributed by atoms with van der Waals surface area (Å²) in [4.78, 5) is 0.104. The first kappa shape index (κ1) is 9.85. The molecule has 2 N–H and O–H groups in total. The Morgan fingerprint density at radius 3 is 2.46 bits per heavy atom. The molecule has 0 bridgehead atoms. The van der Waals surface area contributed by atoms with Crippen molar-refractivity contribution in [1.82, 2.24) is 0 Å². The molecule has 0 aromatic heterocycles. The van der Waals surface area contributed by atoms with Crippen LogP contribution in [0.4, 0.5) is 5.69 Å². The van der Waals surface area contributed by atoms with Crippen molar-refractivity contribution < 1.29 is 13.2 Å². The molecule has 0 saturated carbocycles. The molecular formula is C8H11NO3S. The van der Waals surface area contributed by atoms with Gasteiger partial charge in [0.1, 0.15) is 5.75 Å². The van der Waals surface area contributed by atoms with E-state index < -0.39 is 9.84 Å². The van der Waals surface area contributed by atoms with E-state index >= 15 is 0 Å². The second-order valence-corrected chi connectivity index (χ2v) is 4.66. The Balaban J connectivity index is 3.36. The molecule has 4 nitrogen and oxygen atoms in total. The average Bonchev–Trinajstić information content (AvgIpc) is 2.03.